The molecular formula is C13H14F3N5O3. The molecule has 0 fully saturated rings. The van der Waals surface area contributed by atoms with Crippen LogP contribution in [0.25, 0.3) is 0 Å². The fourth-order valence-corrected chi connectivity index (χ4v) is 1.90. The summed E-state index contributed by atoms with van der Waals surface area (Å²) in [6.07, 6.45) is -5.12. The fraction of sp³-hybridized carbons (Fsp3) is 0.308. The number of hydrogen-bond acceptors (Lipinski definition) is 6. The molecule has 0 saturated carbocycles. The standard InChI is InChI=1S/C13H14F3N5O3/c1-8-6-21(11(7-22)19-18-8)20-12(23)17-9-3-2-4-10(5-9)24-13(14,15)16/h2-5,7,11,19H,6H2,1H3,(H2,17,20,23). The number of hydrazone groups is 1. The van der Waals surface area contributed by atoms with Crippen molar-refractivity contribution >= 4 is 23.7 Å². The lowest BCUT2D eigenvalue weighted by molar-refractivity contribution is -0.274. The molecule has 3 N–H and O–H groups in total. The molecule has 0 aromatic heterocycles. The maximum Gasteiger partial charge on any atom is 0.573 e. The molecular weight excluding hydrogens is 331 g/mol. The lowest BCUT2D eigenvalue weighted by Gasteiger charge is -2.31. The highest BCUT2D eigenvalue weighted by atomic mass is 19.4. The number of nitrogens with zero attached hydrogens (tertiary/aromatic N) is 2. The van der Waals surface area contributed by atoms with Gasteiger partial charge in [0.05, 0.1) is 12.3 Å². The largest absolute Gasteiger partial charge is 0.573 e. The van der Waals surface area contributed by atoms with E-state index < -0.39 is 24.3 Å². The Labute approximate surface area is 134 Å². The van der Waals surface area contributed by atoms with Crippen molar-refractivity contribution in [1.29, 1.82) is 0 Å². The van der Waals surface area contributed by atoms with Crippen LogP contribution >= 0.6 is 0 Å². The highest BCUT2D eigenvalue weighted by Gasteiger charge is 2.31. The Kier molecular flexibility index (Phi) is 5.24. The quantitative estimate of drug-likeness (QED) is 0.718. The molecule has 0 aliphatic carbocycles. The van der Waals surface area contributed by atoms with E-state index in [0.717, 1.165) is 12.1 Å². The Morgan fingerprint density at radius 1 is 1.50 bits per heavy atom. The zero-order chi connectivity index (χ0) is 17.7. The van der Waals surface area contributed by atoms with Crippen molar-refractivity contribution in [3.8, 4) is 5.75 Å². The van der Waals surface area contributed by atoms with Crippen LogP contribution in [0.4, 0.5) is 23.7 Å². The number of carbonyl (C=O) groups excluding carboxylic acids is 2. The first-order valence-electron chi connectivity index (χ1n) is 6.71. The van der Waals surface area contributed by atoms with Crippen LogP contribution in [0, 0.1) is 0 Å². The maximum atomic E-state index is 12.2. The van der Waals surface area contributed by atoms with E-state index >= 15 is 0 Å². The number of benzene rings is 1. The van der Waals surface area contributed by atoms with Gasteiger partial charge >= 0.3 is 12.4 Å². The van der Waals surface area contributed by atoms with Crippen LogP contribution in [0.5, 0.6) is 5.75 Å². The number of nitrogens with one attached hydrogen (secondary N) is 3. The summed E-state index contributed by atoms with van der Waals surface area (Å²) in [5, 5.41) is 7.51. The summed E-state index contributed by atoms with van der Waals surface area (Å²) in [5.74, 6) is -0.464. The van der Waals surface area contributed by atoms with E-state index in [2.05, 4.69) is 26.0 Å². The Morgan fingerprint density at radius 2 is 2.25 bits per heavy atom. The highest BCUT2D eigenvalue weighted by Crippen LogP contribution is 2.24. The molecule has 1 unspecified atom stereocenters. The molecule has 130 valence electrons. The van der Waals surface area contributed by atoms with Crippen molar-refractivity contribution in [3.63, 3.8) is 0 Å². The normalized spacial score (nSPS) is 18.2. The Hall–Kier alpha value is -2.82. The summed E-state index contributed by atoms with van der Waals surface area (Å²) in [7, 11) is 0. The Bertz CT molecular complexity index is 650. The second-order valence-electron chi connectivity index (χ2n) is 4.83. The molecule has 1 atom stereocenters. The molecule has 2 amide bonds. The zero-order valence-corrected chi connectivity index (χ0v) is 12.4. The first-order valence-corrected chi connectivity index (χ1v) is 6.71. The third-order valence-electron chi connectivity index (χ3n) is 2.82. The van der Waals surface area contributed by atoms with Crippen LogP contribution in [0.1, 0.15) is 6.92 Å². The van der Waals surface area contributed by atoms with Gasteiger partial charge in [0, 0.05) is 11.8 Å². The van der Waals surface area contributed by atoms with Gasteiger partial charge in [-0.3, -0.25) is 15.6 Å². The van der Waals surface area contributed by atoms with Gasteiger partial charge in [-0.2, -0.15) is 10.1 Å². The van der Waals surface area contributed by atoms with Crippen LogP contribution in [-0.2, 0) is 4.79 Å². The molecule has 8 nitrogen and oxygen atoms in total. The molecule has 2 rings (SSSR count). The minimum atomic E-state index is -4.83. The summed E-state index contributed by atoms with van der Waals surface area (Å²) in [6.45, 7) is 1.90. The zero-order valence-electron chi connectivity index (χ0n) is 12.4. The third kappa shape index (κ3) is 5.12. The second kappa shape index (κ2) is 7.17. The molecule has 0 radical (unpaired) electrons. The van der Waals surface area contributed by atoms with Crippen molar-refractivity contribution in [1.82, 2.24) is 15.9 Å². The average Bonchev–Trinajstić information content (AvgIpc) is 2.46. The molecule has 1 aromatic rings. The van der Waals surface area contributed by atoms with Crippen molar-refractivity contribution in [2.24, 2.45) is 5.10 Å². The Balaban J connectivity index is 1.98. The lowest BCUT2D eigenvalue weighted by atomic mass is 10.3. The summed E-state index contributed by atoms with van der Waals surface area (Å²) < 4.78 is 40.3. The first-order chi connectivity index (χ1) is 11.3. The number of carbonyl (C=O) groups is 2. The number of anilines is 1. The van der Waals surface area contributed by atoms with Gasteiger partial charge in [0.1, 0.15) is 5.75 Å². The average molecular weight is 345 g/mol. The minimum absolute atomic E-state index is 0.0901. The van der Waals surface area contributed by atoms with Crippen LogP contribution in [0.3, 0.4) is 0 Å². The monoisotopic (exact) mass is 345 g/mol. The predicted molar refractivity (Wildman–Crippen MR) is 78.1 cm³/mol. The van der Waals surface area contributed by atoms with Crippen LogP contribution in [0.2, 0.25) is 0 Å². The van der Waals surface area contributed by atoms with Gasteiger partial charge < -0.3 is 10.1 Å². The number of urea groups is 1. The van der Waals surface area contributed by atoms with E-state index in [1.165, 1.54) is 17.1 Å². The van der Waals surface area contributed by atoms with Gasteiger partial charge in [0.2, 0.25) is 0 Å². The van der Waals surface area contributed by atoms with E-state index in [1.807, 2.05) is 0 Å². The smallest absolute Gasteiger partial charge is 0.406 e. The maximum absolute atomic E-state index is 12.2. The molecule has 11 heteroatoms. The molecule has 0 saturated heterocycles. The minimum Gasteiger partial charge on any atom is -0.406 e. The van der Waals surface area contributed by atoms with Gasteiger partial charge in [0.25, 0.3) is 0 Å². The number of halogens is 3. The van der Waals surface area contributed by atoms with E-state index in [9.17, 15) is 22.8 Å². The number of ether oxygens (including phenoxy) is 1. The van der Waals surface area contributed by atoms with E-state index in [-0.39, 0.29) is 12.2 Å². The van der Waals surface area contributed by atoms with E-state index in [0.29, 0.717) is 12.0 Å². The van der Waals surface area contributed by atoms with Gasteiger partial charge in [-0.05, 0) is 19.1 Å². The van der Waals surface area contributed by atoms with Crippen LogP contribution < -0.4 is 20.9 Å². The number of alkyl halides is 3. The molecule has 1 aliphatic heterocycles. The molecule has 1 heterocycles. The summed E-state index contributed by atoms with van der Waals surface area (Å²) in [6, 6.07) is 4.08. The number of hydrogen-bond donors (Lipinski definition) is 3. The van der Waals surface area contributed by atoms with E-state index in [1.54, 1.807) is 6.92 Å². The fourth-order valence-electron chi connectivity index (χ4n) is 1.90. The summed E-state index contributed by atoms with van der Waals surface area (Å²) >= 11 is 0. The summed E-state index contributed by atoms with van der Waals surface area (Å²) in [5.41, 5.74) is 5.67. The number of rotatable bonds is 4. The predicted octanol–water partition coefficient (Wildman–Crippen LogP) is 1.43. The number of aldehydes is 1. The second-order valence-corrected chi connectivity index (χ2v) is 4.83. The number of amides is 2. The van der Waals surface area contributed by atoms with Crippen molar-refractivity contribution in [3.05, 3.63) is 24.3 Å². The highest BCUT2D eigenvalue weighted by molar-refractivity contribution is 5.90. The first kappa shape index (κ1) is 17.5. The van der Waals surface area contributed by atoms with Crippen molar-refractivity contribution in [2.45, 2.75) is 19.5 Å². The van der Waals surface area contributed by atoms with Gasteiger partial charge in [-0.25, -0.2) is 4.79 Å². The molecule has 0 bridgehead atoms. The van der Waals surface area contributed by atoms with Crippen LogP contribution in [0.15, 0.2) is 29.4 Å². The Morgan fingerprint density at radius 3 is 2.92 bits per heavy atom. The summed E-state index contributed by atoms with van der Waals surface area (Å²) in [4.78, 5) is 22.9. The molecule has 24 heavy (non-hydrogen) atoms. The topological polar surface area (TPSA) is 95.1 Å². The lowest BCUT2D eigenvalue weighted by Crippen LogP contribution is -2.59. The number of hydrazine groups is 1. The molecule has 1 aromatic carbocycles. The van der Waals surface area contributed by atoms with Gasteiger partial charge in [-0.15, -0.1) is 13.2 Å². The van der Waals surface area contributed by atoms with Crippen molar-refractivity contribution < 1.29 is 27.5 Å². The van der Waals surface area contributed by atoms with Crippen LogP contribution in [-0.4, -0.2) is 42.1 Å². The van der Waals surface area contributed by atoms with E-state index in [4.69, 9.17) is 0 Å². The van der Waals surface area contributed by atoms with Crippen molar-refractivity contribution in [2.75, 3.05) is 11.9 Å². The van der Waals surface area contributed by atoms with Gasteiger partial charge in [0.15, 0.2) is 12.5 Å². The third-order valence-corrected chi connectivity index (χ3v) is 2.82. The SMILES string of the molecule is CC1=NNC(C=O)N(NC(=O)Nc2cccc(OC(F)(F)F)c2)C1. The molecule has 0 spiro atoms. The van der Waals surface area contributed by atoms with Gasteiger partial charge in [-0.1, -0.05) is 6.07 Å². The molecule has 1 aliphatic rings.